The van der Waals surface area contributed by atoms with Crippen LogP contribution in [-0.2, 0) is 4.79 Å². The average Bonchev–Trinajstić information content (AvgIpc) is 2.32. The maximum Gasteiger partial charge on any atom is 0.188 e. The second kappa shape index (κ2) is 14.1. The van der Waals surface area contributed by atoms with Crippen molar-refractivity contribution in [2.45, 2.75) is 77.6 Å². The molecular formula is C15H29OS. The molecule has 1 nitrogen and oxygen atoms in total. The van der Waals surface area contributed by atoms with Gasteiger partial charge in [0.1, 0.15) is 0 Å². The molecule has 0 heterocycles. The van der Waals surface area contributed by atoms with Crippen LogP contribution < -0.4 is 0 Å². The van der Waals surface area contributed by atoms with Crippen LogP contribution in [0.15, 0.2) is 0 Å². The van der Waals surface area contributed by atoms with Gasteiger partial charge in [0.2, 0.25) is 0 Å². The Hall–Kier alpha value is 0.0200. The van der Waals surface area contributed by atoms with Crippen LogP contribution in [-0.4, -0.2) is 10.9 Å². The molecule has 0 fully saturated rings. The molecule has 0 saturated carbocycles. The first kappa shape index (κ1) is 17.0. The fourth-order valence-corrected chi connectivity index (χ4v) is 2.46. The fourth-order valence-electron chi connectivity index (χ4n) is 1.94. The predicted octanol–water partition coefficient (Wildman–Crippen LogP) is 5.39. The van der Waals surface area contributed by atoms with E-state index in [2.05, 4.69) is 13.8 Å². The molecule has 0 aliphatic carbocycles. The third kappa shape index (κ3) is 14.0. The van der Waals surface area contributed by atoms with Gasteiger partial charge in [-0.2, -0.15) is 0 Å². The number of carbonyl (C=O) groups is 1. The maximum atomic E-state index is 11.2. The molecule has 0 aliphatic rings. The summed E-state index contributed by atoms with van der Waals surface area (Å²) in [5.41, 5.74) is 0. The molecular weight excluding hydrogens is 228 g/mol. The van der Waals surface area contributed by atoms with Crippen LogP contribution in [0.2, 0.25) is 0 Å². The molecule has 0 aromatic carbocycles. The van der Waals surface area contributed by atoms with Crippen molar-refractivity contribution in [3.8, 4) is 0 Å². The summed E-state index contributed by atoms with van der Waals surface area (Å²) in [6.07, 6.45) is 14.0. The van der Waals surface area contributed by atoms with E-state index < -0.39 is 0 Å². The SMILES string of the molecule is [CH2]CSC(=O)CCCCCCCCCCCC. The number of unbranched alkanes of at least 4 members (excludes halogenated alkanes) is 9. The number of thioether (sulfide) groups is 1. The second-order valence-electron chi connectivity index (χ2n) is 4.65. The molecule has 0 spiro atoms. The first-order valence-corrected chi connectivity index (χ1v) is 8.24. The van der Waals surface area contributed by atoms with Gasteiger partial charge in [0.25, 0.3) is 0 Å². The van der Waals surface area contributed by atoms with Crippen molar-refractivity contribution in [2.75, 3.05) is 5.75 Å². The summed E-state index contributed by atoms with van der Waals surface area (Å²) < 4.78 is 0. The highest BCUT2D eigenvalue weighted by molar-refractivity contribution is 8.13. The summed E-state index contributed by atoms with van der Waals surface area (Å²) in [7, 11) is 0. The second-order valence-corrected chi connectivity index (χ2v) is 5.80. The highest BCUT2D eigenvalue weighted by Crippen LogP contribution is 2.13. The van der Waals surface area contributed by atoms with Crippen LogP contribution >= 0.6 is 11.8 Å². The van der Waals surface area contributed by atoms with Gasteiger partial charge in [-0.05, 0) is 13.3 Å². The zero-order chi connectivity index (χ0) is 12.8. The Morgan fingerprint density at radius 3 is 1.82 bits per heavy atom. The molecule has 0 aromatic heterocycles. The minimum atomic E-state index is 0.319. The van der Waals surface area contributed by atoms with E-state index in [0.29, 0.717) is 10.9 Å². The lowest BCUT2D eigenvalue weighted by molar-refractivity contribution is -0.111. The van der Waals surface area contributed by atoms with Crippen LogP contribution in [0.1, 0.15) is 77.6 Å². The molecule has 0 aliphatic heterocycles. The van der Waals surface area contributed by atoms with Crippen molar-refractivity contribution >= 4 is 16.9 Å². The number of carbonyl (C=O) groups excluding carboxylic acids is 1. The molecule has 101 valence electrons. The van der Waals surface area contributed by atoms with E-state index in [-0.39, 0.29) is 0 Å². The summed E-state index contributed by atoms with van der Waals surface area (Å²) in [5.74, 6) is 0.677. The molecule has 2 heteroatoms. The van der Waals surface area contributed by atoms with Crippen molar-refractivity contribution in [2.24, 2.45) is 0 Å². The normalized spacial score (nSPS) is 10.7. The van der Waals surface area contributed by atoms with E-state index in [1.807, 2.05) is 0 Å². The highest BCUT2D eigenvalue weighted by atomic mass is 32.2. The predicted molar refractivity (Wildman–Crippen MR) is 79.3 cm³/mol. The number of rotatable bonds is 12. The molecule has 0 atom stereocenters. The lowest BCUT2D eigenvalue weighted by Crippen LogP contribution is -1.92. The van der Waals surface area contributed by atoms with Crippen LogP contribution in [0.4, 0.5) is 0 Å². The smallest absolute Gasteiger partial charge is 0.188 e. The van der Waals surface area contributed by atoms with E-state index in [1.165, 1.54) is 69.5 Å². The Morgan fingerprint density at radius 1 is 0.882 bits per heavy atom. The Balaban J connectivity index is 3.01. The monoisotopic (exact) mass is 257 g/mol. The summed E-state index contributed by atoms with van der Waals surface area (Å²) in [6, 6.07) is 0. The number of hydrogen-bond acceptors (Lipinski definition) is 2. The Labute approximate surface area is 112 Å². The van der Waals surface area contributed by atoms with Crippen molar-refractivity contribution in [3.63, 3.8) is 0 Å². The summed E-state index contributed by atoms with van der Waals surface area (Å²) in [5, 5.41) is 0.319. The first-order chi connectivity index (χ1) is 8.31. The highest BCUT2D eigenvalue weighted by Gasteiger charge is 2.00. The van der Waals surface area contributed by atoms with Crippen LogP contribution in [0.25, 0.3) is 0 Å². The first-order valence-electron chi connectivity index (χ1n) is 7.26. The Kier molecular flexibility index (Phi) is 14.1. The summed E-state index contributed by atoms with van der Waals surface area (Å²) in [4.78, 5) is 11.2. The standard InChI is InChI=1S/C15H29OS/c1-3-5-6-7-8-9-10-11-12-13-14-15(16)17-4-2/h2-14H2,1H3. The van der Waals surface area contributed by atoms with Crippen LogP contribution in [0.3, 0.4) is 0 Å². The van der Waals surface area contributed by atoms with E-state index in [0.717, 1.165) is 12.8 Å². The van der Waals surface area contributed by atoms with Gasteiger partial charge in [-0.3, -0.25) is 4.79 Å². The molecule has 17 heavy (non-hydrogen) atoms. The molecule has 0 amide bonds. The van der Waals surface area contributed by atoms with Crippen molar-refractivity contribution in [3.05, 3.63) is 6.92 Å². The van der Waals surface area contributed by atoms with E-state index >= 15 is 0 Å². The van der Waals surface area contributed by atoms with E-state index in [9.17, 15) is 4.79 Å². The van der Waals surface area contributed by atoms with E-state index in [4.69, 9.17) is 0 Å². The summed E-state index contributed by atoms with van der Waals surface area (Å²) >= 11 is 1.36. The van der Waals surface area contributed by atoms with Crippen molar-refractivity contribution in [1.29, 1.82) is 0 Å². The average molecular weight is 257 g/mol. The molecule has 0 aromatic rings. The molecule has 0 rings (SSSR count). The largest absolute Gasteiger partial charge is 0.287 e. The molecule has 1 radical (unpaired) electrons. The van der Waals surface area contributed by atoms with Gasteiger partial charge in [-0.15, -0.1) is 0 Å². The van der Waals surface area contributed by atoms with Gasteiger partial charge in [0.05, 0.1) is 0 Å². The summed E-state index contributed by atoms with van der Waals surface area (Å²) in [6.45, 7) is 5.93. The van der Waals surface area contributed by atoms with E-state index in [1.54, 1.807) is 0 Å². The van der Waals surface area contributed by atoms with Gasteiger partial charge in [0, 0.05) is 12.2 Å². The molecule has 0 unspecified atom stereocenters. The minimum Gasteiger partial charge on any atom is -0.287 e. The van der Waals surface area contributed by atoms with Gasteiger partial charge in [-0.25, -0.2) is 0 Å². The zero-order valence-corrected chi connectivity index (χ0v) is 12.3. The van der Waals surface area contributed by atoms with Crippen LogP contribution in [0.5, 0.6) is 0 Å². The third-order valence-corrected chi connectivity index (χ3v) is 3.73. The maximum absolute atomic E-state index is 11.2. The lowest BCUT2D eigenvalue weighted by atomic mass is 10.1. The topological polar surface area (TPSA) is 17.1 Å². The van der Waals surface area contributed by atoms with Crippen molar-refractivity contribution < 1.29 is 4.79 Å². The number of hydrogen-bond donors (Lipinski definition) is 0. The Morgan fingerprint density at radius 2 is 1.35 bits per heavy atom. The Bertz CT molecular complexity index is 168. The quantitative estimate of drug-likeness (QED) is 0.436. The third-order valence-electron chi connectivity index (χ3n) is 3.00. The minimum absolute atomic E-state index is 0.319. The fraction of sp³-hybridized carbons (Fsp3) is 0.867. The van der Waals surface area contributed by atoms with Gasteiger partial charge >= 0.3 is 0 Å². The van der Waals surface area contributed by atoms with Crippen LogP contribution in [0, 0.1) is 6.92 Å². The van der Waals surface area contributed by atoms with Crippen molar-refractivity contribution in [1.82, 2.24) is 0 Å². The molecule has 0 bridgehead atoms. The lowest BCUT2D eigenvalue weighted by Gasteiger charge is -2.02. The van der Waals surface area contributed by atoms with Gasteiger partial charge < -0.3 is 0 Å². The van der Waals surface area contributed by atoms with Gasteiger partial charge in [-0.1, -0.05) is 76.5 Å². The molecule has 0 saturated heterocycles. The molecule has 0 N–H and O–H groups in total. The van der Waals surface area contributed by atoms with Gasteiger partial charge in [0.15, 0.2) is 5.12 Å². The zero-order valence-electron chi connectivity index (χ0n) is 11.5.